The van der Waals surface area contributed by atoms with Crippen LogP contribution in [-0.4, -0.2) is 31.3 Å². The Morgan fingerprint density at radius 3 is 2.28 bits per heavy atom. The molecule has 4 rings (SSSR count). The van der Waals surface area contributed by atoms with E-state index in [4.69, 9.17) is 14.2 Å². The average molecular weight is 405 g/mol. The molecule has 0 saturated heterocycles. The molecule has 0 radical (unpaired) electrons. The van der Waals surface area contributed by atoms with Gasteiger partial charge in [0.25, 0.3) is 0 Å². The Balaban J connectivity index is 1.62. The predicted molar refractivity (Wildman–Crippen MR) is 109 cm³/mol. The molecule has 0 amide bonds. The van der Waals surface area contributed by atoms with Crippen LogP contribution >= 0.6 is 0 Å². The summed E-state index contributed by atoms with van der Waals surface area (Å²) in [6, 6.07) is 0. The van der Waals surface area contributed by atoms with Gasteiger partial charge in [-0.25, -0.2) is 0 Å². The first-order valence-corrected chi connectivity index (χ1v) is 11.3. The van der Waals surface area contributed by atoms with Gasteiger partial charge in [-0.3, -0.25) is 9.59 Å². The second-order valence-corrected chi connectivity index (χ2v) is 10.2. The van der Waals surface area contributed by atoms with Gasteiger partial charge in [0.1, 0.15) is 11.9 Å². The van der Waals surface area contributed by atoms with Crippen molar-refractivity contribution in [2.45, 2.75) is 91.3 Å². The van der Waals surface area contributed by atoms with E-state index in [1.165, 1.54) is 25.8 Å². The van der Waals surface area contributed by atoms with E-state index in [-0.39, 0.29) is 35.0 Å². The Morgan fingerprint density at radius 1 is 0.897 bits per heavy atom. The lowest BCUT2D eigenvalue weighted by molar-refractivity contribution is -0.157. The van der Waals surface area contributed by atoms with Crippen LogP contribution in [0.25, 0.3) is 0 Å². The fourth-order valence-electron chi connectivity index (χ4n) is 7.71. The molecule has 7 unspecified atom stereocenters. The average Bonchev–Trinajstić information content (AvgIpc) is 2.97. The van der Waals surface area contributed by atoms with E-state index in [0.717, 1.165) is 50.7 Å². The molecule has 162 valence electrons. The Morgan fingerprint density at radius 2 is 1.62 bits per heavy atom. The summed E-state index contributed by atoms with van der Waals surface area (Å²) in [6.45, 7) is 7.79. The zero-order valence-corrected chi connectivity index (χ0v) is 18.6. The lowest BCUT2D eigenvalue weighted by Crippen LogP contribution is -2.52. The van der Waals surface area contributed by atoms with Crippen LogP contribution in [-0.2, 0) is 23.8 Å². The zero-order valence-electron chi connectivity index (χ0n) is 18.6. The van der Waals surface area contributed by atoms with Gasteiger partial charge in [-0.15, -0.1) is 0 Å². The molecule has 7 atom stereocenters. The van der Waals surface area contributed by atoms with Crippen molar-refractivity contribution in [1.82, 2.24) is 0 Å². The summed E-state index contributed by atoms with van der Waals surface area (Å²) in [7, 11) is 1.72. The number of allylic oxidation sites excluding steroid dienone is 1. The van der Waals surface area contributed by atoms with E-state index >= 15 is 0 Å². The lowest BCUT2D eigenvalue weighted by Gasteiger charge is -2.58. The van der Waals surface area contributed by atoms with Crippen LogP contribution in [0.2, 0.25) is 0 Å². The van der Waals surface area contributed by atoms with Gasteiger partial charge in [0.15, 0.2) is 6.10 Å². The monoisotopic (exact) mass is 404 g/mol. The van der Waals surface area contributed by atoms with Gasteiger partial charge < -0.3 is 14.2 Å². The highest BCUT2D eigenvalue weighted by Gasteiger charge is 2.60. The van der Waals surface area contributed by atoms with Gasteiger partial charge in [-0.05, 0) is 80.1 Å². The molecule has 5 nitrogen and oxygen atoms in total. The van der Waals surface area contributed by atoms with Crippen molar-refractivity contribution in [2.24, 2.45) is 28.6 Å². The van der Waals surface area contributed by atoms with Crippen molar-refractivity contribution < 1.29 is 23.8 Å². The van der Waals surface area contributed by atoms with Crippen molar-refractivity contribution in [3.63, 3.8) is 0 Å². The van der Waals surface area contributed by atoms with Crippen molar-refractivity contribution in [2.75, 3.05) is 7.11 Å². The minimum absolute atomic E-state index is 0.0740. The van der Waals surface area contributed by atoms with E-state index in [2.05, 4.69) is 13.8 Å². The van der Waals surface area contributed by atoms with Crippen LogP contribution in [0.4, 0.5) is 0 Å². The highest BCUT2D eigenvalue weighted by molar-refractivity contribution is 5.66. The second-order valence-electron chi connectivity index (χ2n) is 10.2. The summed E-state index contributed by atoms with van der Waals surface area (Å²) >= 11 is 0. The molecule has 0 N–H and O–H groups in total. The number of methoxy groups -OCH3 is 1. The lowest BCUT2D eigenvalue weighted by atomic mass is 9.47. The minimum atomic E-state index is -0.238. The Kier molecular flexibility index (Phi) is 5.23. The molecule has 0 aromatic rings. The van der Waals surface area contributed by atoms with Crippen LogP contribution in [0.1, 0.15) is 79.1 Å². The number of hydrogen-bond acceptors (Lipinski definition) is 5. The highest BCUT2D eigenvalue weighted by Crippen LogP contribution is 2.66. The van der Waals surface area contributed by atoms with Crippen molar-refractivity contribution >= 4 is 11.9 Å². The summed E-state index contributed by atoms with van der Waals surface area (Å²) in [4.78, 5) is 23.2. The SMILES string of the molecule is COC1=C2CCC3C(CCC4(C)C(OC(C)=O)CCC34)C2(C)CCC1OC(C)=O. The quantitative estimate of drug-likeness (QED) is 0.633. The zero-order chi connectivity index (χ0) is 21.0. The third-order valence-corrected chi connectivity index (χ3v) is 8.94. The maximum atomic E-state index is 11.6. The molecule has 0 heterocycles. The smallest absolute Gasteiger partial charge is 0.303 e. The fraction of sp³-hybridized carbons (Fsp3) is 0.833. The molecule has 0 spiro atoms. The van der Waals surface area contributed by atoms with E-state index < -0.39 is 0 Å². The van der Waals surface area contributed by atoms with E-state index in [1.54, 1.807) is 7.11 Å². The largest absolute Gasteiger partial charge is 0.497 e. The number of rotatable bonds is 3. The third kappa shape index (κ3) is 3.19. The standard InChI is InChI=1S/C24H36O5/c1-14(25)28-20-11-13-23(3)18-10-12-24(4)17(8-9-21(24)29-15(2)26)16(18)6-7-19(23)22(20)27-5/h16-18,20-21H,6-13H2,1-5H3. The molecule has 0 aromatic heterocycles. The molecular formula is C24H36O5. The molecule has 0 aromatic carbocycles. The number of carbonyl (C=O) groups is 2. The van der Waals surface area contributed by atoms with E-state index in [9.17, 15) is 9.59 Å². The van der Waals surface area contributed by atoms with Crippen molar-refractivity contribution in [3.05, 3.63) is 11.3 Å². The first kappa shape index (κ1) is 20.7. The molecule has 3 saturated carbocycles. The van der Waals surface area contributed by atoms with Gasteiger partial charge in [0, 0.05) is 19.3 Å². The van der Waals surface area contributed by atoms with Crippen molar-refractivity contribution in [1.29, 1.82) is 0 Å². The predicted octanol–water partition coefficient (Wildman–Crippen LogP) is 4.79. The Bertz CT molecular complexity index is 727. The number of esters is 2. The van der Waals surface area contributed by atoms with Gasteiger partial charge in [-0.1, -0.05) is 13.8 Å². The maximum Gasteiger partial charge on any atom is 0.303 e. The number of fused-ring (bicyclic) bond motifs is 5. The van der Waals surface area contributed by atoms with Crippen molar-refractivity contribution in [3.8, 4) is 0 Å². The van der Waals surface area contributed by atoms with Gasteiger partial charge in [-0.2, -0.15) is 0 Å². The fourth-order valence-corrected chi connectivity index (χ4v) is 7.71. The van der Waals surface area contributed by atoms with Crippen LogP contribution in [0.5, 0.6) is 0 Å². The molecule has 0 bridgehead atoms. The van der Waals surface area contributed by atoms with E-state index in [0.29, 0.717) is 17.8 Å². The summed E-state index contributed by atoms with van der Waals surface area (Å²) in [5, 5.41) is 0. The van der Waals surface area contributed by atoms with Gasteiger partial charge in [0.2, 0.25) is 0 Å². The number of hydrogen-bond donors (Lipinski definition) is 0. The van der Waals surface area contributed by atoms with E-state index in [1.807, 2.05) is 0 Å². The van der Waals surface area contributed by atoms with Crippen LogP contribution < -0.4 is 0 Å². The molecule has 3 fully saturated rings. The molecule has 0 aliphatic heterocycles. The Labute approximate surface area is 174 Å². The molecule has 4 aliphatic carbocycles. The van der Waals surface area contributed by atoms with Crippen LogP contribution in [0.3, 0.4) is 0 Å². The summed E-state index contributed by atoms with van der Waals surface area (Å²) in [6.07, 6.45) is 8.36. The maximum absolute atomic E-state index is 11.6. The summed E-state index contributed by atoms with van der Waals surface area (Å²) < 4.78 is 17.2. The first-order valence-electron chi connectivity index (χ1n) is 11.3. The second kappa shape index (κ2) is 7.31. The minimum Gasteiger partial charge on any atom is -0.497 e. The summed E-state index contributed by atoms with van der Waals surface area (Å²) in [5.74, 6) is 2.45. The topological polar surface area (TPSA) is 61.8 Å². The Hall–Kier alpha value is -1.52. The summed E-state index contributed by atoms with van der Waals surface area (Å²) in [5.41, 5.74) is 1.62. The molecule has 5 heteroatoms. The van der Waals surface area contributed by atoms with Crippen LogP contribution in [0, 0.1) is 28.6 Å². The number of carbonyl (C=O) groups excluding carboxylic acids is 2. The molecule has 29 heavy (non-hydrogen) atoms. The normalized spacial score (nSPS) is 43.7. The molecular weight excluding hydrogens is 368 g/mol. The highest BCUT2D eigenvalue weighted by atomic mass is 16.6. The first-order chi connectivity index (χ1) is 13.7. The number of ether oxygens (including phenoxy) is 3. The molecule has 4 aliphatic rings. The van der Waals surface area contributed by atoms with Crippen LogP contribution in [0.15, 0.2) is 11.3 Å². The van der Waals surface area contributed by atoms with Gasteiger partial charge in [0.05, 0.1) is 7.11 Å². The third-order valence-electron chi connectivity index (χ3n) is 8.94. The van der Waals surface area contributed by atoms with Gasteiger partial charge >= 0.3 is 11.9 Å².